The van der Waals surface area contributed by atoms with Crippen LogP contribution in [0.5, 0.6) is 0 Å². The molecule has 0 spiro atoms. The van der Waals surface area contributed by atoms with Crippen LogP contribution in [0, 0.1) is 0 Å². The van der Waals surface area contributed by atoms with Crippen LogP contribution in [0.15, 0.2) is 340 Å². The van der Waals surface area contributed by atoms with Gasteiger partial charge in [-0.1, -0.05) is 267 Å². The van der Waals surface area contributed by atoms with E-state index in [2.05, 4.69) is 320 Å². The third-order valence-corrected chi connectivity index (χ3v) is 20.9. The second-order valence-corrected chi connectivity index (χ2v) is 26.8. The molecule has 0 saturated heterocycles. The van der Waals surface area contributed by atoms with E-state index in [0.29, 0.717) is 0 Å². The molecule has 0 radical (unpaired) electrons. The number of benzene rings is 14. The van der Waals surface area contributed by atoms with E-state index < -0.39 is 0 Å². The highest BCUT2D eigenvalue weighted by molar-refractivity contribution is 6.23. The molecule has 14 aromatic carbocycles. The SMILES string of the molecule is c1ccc(-c2c3ccccc3nc3c2ccc2ccc(-c4c5ccccc5c(-c5ccc6ccc7cccnc7c6n5)c5ccccc45)nc23)cc1.c1ccc(-c2c3ccccc3nc3c2ccc2ccc(-c4ccc5ccc6cc(-c7ccc8ccc9cccnc9c8n7)ccc6c5c4)nc23)cc1. The third kappa shape index (κ3) is 9.61. The average molecular weight is 1320 g/mol. The van der Waals surface area contributed by atoms with Crippen molar-refractivity contribution < 1.29 is 0 Å². The molecule has 8 heteroatoms. The lowest BCUT2D eigenvalue weighted by Gasteiger charge is -2.18. The van der Waals surface area contributed by atoms with Crippen molar-refractivity contribution in [1.82, 2.24) is 39.9 Å². The van der Waals surface area contributed by atoms with E-state index in [9.17, 15) is 0 Å². The predicted molar refractivity (Wildman–Crippen MR) is 433 cm³/mol. The Balaban J connectivity index is 0.000000134. The van der Waals surface area contributed by atoms with Gasteiger partial charge in [-0.3, -0.25) is 9.97 Å². The Hall–Kier alpha value is -14.1. The van der Waals surface area contributed by atoms with Gasteiger partial charge >= 0.3 is 0 Å². The Labute approximate surface area is 595 Å². The van der Waals surface area contributed by atoms with Crippen LogP contribution in [0.1, 0.15) is 0 Å². The minimum atomic E-state index is 0.894. The van der Waals surface area contributed by atoms with Gasteiger partial charge in [-0.2, -0.15) is 0 Å². The summed E-state index contributed by atoms with van der Waals surface area (Å²) in [5, 5.41) is 20.2. The van der Waals surface area contributed by atoms with Crippen molar-refractivity contribution in [2.24, 2.45) is 0 Å². The van der Waals surface area contributed by atoms with E-state index in [-0.39, 0.29) is 0 Å². The summed E-state index contributed by atoms with van der Waals surface area (Å²) in [5.41, 5.74) is 22.0. The molecule has 0 amide bonds. The molecule has 480 valence electrons. The van der Waals surface area contributed by atoms with Gasteiger partial charge in [0.05, 0.1) is 77.9 Å². The van der Waals surface area contributed by atoms with Crippen LogP contribution in [-0.2, 0) is 0 Å². The molecule has 0 N–H and O–H groups in total. The lowest BCUT2D eigenvalue weighted by atomic mass is 9.88. The van der Waals surface area contributed by atoms with Gasteiger partial charge in [-0.25, -0.2) is 29.9 Å². The molecule has 0 aliphatic heterocycles. The van der Waals surface area contributed by atoms with E-state index in [1.165, 1.54) is 43.8 Å². The van der Waals surface area contributed by atoms with E-state index in [0.717, 1.165) is 176 Å². The number of fused-ring (bicyclic) bond motifs is 19. The Morgan fingerprint density at radius 1 is 0.154 bits per heavy atom. The first kappa shape index (κ1) is 58.8. The first-order valence-electron chi connectivity index (χ1n) is 35.1. The molecular weight excluding hydrogens is 1270 g/mol. The zero-order valence-electron chi connectivity index (χ0n) is 55.9. The molecule has 0 aliphatic carbocycles. The van der Waals surface area contributed by atoms with E-state index in [4.69, 9.17) is 34.9 Å². The molecule has 0 unspecified atom stereocenters. The molecule has 0 saturated carbocycles. The van der Waals surface area contributed by atoms with Crippen molar-refractivity contribution in [3.05, 3.63) is 340 Å². The van der Waals surface area contributed by atoms with Crippen molar-refractivity contribution >= 4 is 152 Å². The number of aromatic nitrogens is 8. The van der Waals surface area contributed by atoms with Crippen LogP contribution >= 0.6 is 0 Å². The van der Waals surface area contributed by atoms with Gasteiger partial charge in [0.15, 0.2) is 0 Å². The van der Waals surface area contributed by atoms with Crippen LogP contribution in [0.4, 0.5) is 0 Å². The fourth-order valence-electron chi connectivity index (χ4n) is 16.0. The first-order chi connectivity index (χ1) is 51.5. The minimum absolute atomic E-state index is 0.894. The lowest BCUT2D eigenvalue weighted by molar-refractivity contribution is 1.37. The number of hydrogen-bond donors (Lipinski definition) is 0. The quantitative estimate of drug-likeness (QED) is 0.120. The summed E-state index contributed by atoms with van der Waals surface area (Å²) in [6.07, 6.45) is 3.68. The maximum absolute atomic E-state index is 5.51. The van der Waals surface area contributed by atoms with Crippen LogP contribution in [0.2, 0.25) is 0 Å². The Morgan fingerprint density at radius 2 is 0.490 bits per heavy atom. The third-order valence-electron chi connectivity index (χ3n) is 20.9. The fourth-order valence-corrected chi connectivity index (χ4v) is 16.0. The summed E-state index contributed by atoms with van der Waals surface area (Å²) in [5.74, 6) is 0. The zero-order chi connectivity index (χ0) is 68.3. The average Bonchev–Trinajstić information content (AvgIpc) is 0.718. The molecule has 22 aromatic rings. The molecule has 0 aliphatic rings. The summed E-state index contributed by atoms with van der Waals surface area (Å²) in [7, 11) is 0. The molecule has 22 rings (SSSR count). The van der Waals surface area contributed by atoms with Gasteiger partial charge in [-0.05, 0) is 115 Å². The molecule has 0 atom stereocenters. The topological polar surface area (TPSA) is 103 Å². The Bertz CT molecular complexity index is 7310. The molecule has 8 nitrogen and oxygen atoms in total. The van der Waals surface area contributed by atoms with Crippen molar-refractivity contribution in [2.75, 3.05) is 0 Å². The summed E-state index contributed by atoms with van der Waals surface area (Å²) in [4.78, 5) is 41.1. The highest BCUT2D eigenvalue weighted by atomic mass is 14.8. The second kappa shape index (κ2) is 23.8. The first-order valence-corrected chi connectivity index (χ1v) is 35.1. The van der Waals surface area contributed by atoms with Gasteiger partial charge in [0, 0.05) is 99.6 Å². The molecule has 0 bridgehead atoms. The van der Waals surface area contributed by atoms with Gasteiger partial charge in [-0.15, -0.1) is 0 Å². The maximum Gasteiger partial charge on any atom is 0.0978 e. The van der Waals surface area contributed by atoms with Crippen LogP contribution in [-0.4, -0.2) is 39.9 Å². The second-order valence-electron chi connectivity index (χ2n) is 26.8. The van der Waals surface area contributed by atoms with Crippen LogP contribution in [0.3, 0.4) is 0 Å². The van der Waals surface area contributed by atoms with Gasteiger partial charge < -0.3 is 0 Å². The van der Waals surface area contributed by atoms with Gasteiger partial charge in [0.2, 0.25) is 0 Å². The van der Waals surface area contributed by atoms with E-state index in [1.807, 2.05) is 24.5 Å². The Kier molecular flexibility index (Phi) is 13.5. The van der Waals surface area contributed by atoms with Crippen molar-refractivity contribution in [3.63, 3.8) is 0 Å². The Morgan fingerprint density at radius 3 is 0.971 bits per heavy atom. The molecule has 104 heavy (non-hydrogen) atoms. The van der Waals surface area contributed by atoms with Crippen molar-refractivity contribution in [3.8, 4) is 67.3 Å². The number of pyridine rings is 8. The van der Waals surface area contributed by atoms with E-state index >= 15 is 0 Å². The lowest BCUT2D eigenvalue weighted by Crippen LogP contribution is -1.96. The summed E-state index contributed by atoms with van der Waals surface area (Å²) in [6, 6.07) is 116. The standard InChI is InChI=1S/2C48H28N4/c1-2-11-29(12-3-1)42-37-18-8-9-19-39(37)50-48-38(42)25-22-32-24-27-41(52-47(32)48)44-35-16-6-4-14-33(35)43(34-15-5-7-17-36(34)44)40-26-23-31-21-20-30-13-10-28-49-45(30)46(31)51-40;1-2-7-30(8-3-1)44-38-10-4-5-11-43(38)52-48-39(44)23-18-33-21-25-42(51-47(33)48)36-17-13-29-12-16-34-27-35(19-22-37(34)40(29)28-36)41-24-20-32-15-14-31-9-6-26-49-45(31)46(32)50-41/h2*1-28H. The largest absolute Gasteiger partial charge is 0.254 e. The number of rotatable bonds is 6. The van der Waals surface area contributed by atoms with E-state index in [1.54, 1.807) is 0 Å². The molecule has 8 aromatic heterocycles. The summed E-state index contributed by atoms with van der Waals surface area (Å²) < 4.78 is 0. The van der Waals surface area contributed by atoms with Gasteiger partial charge in [0.25, 0.3) is 0 Å². The summed E-state index contributed by atoms with van der Waals surface area (Å²) in [6.45, 7) is 0. The normalized spacial score (nSPS) is 11.8. The number of hydrogen-bond acceptors (Lipinski definition) is 8. The molecular formula is C96H56N8. The predicted octanol–water partition coefficient (Wildman–Crippen LogP) is 24.7. The maximum atomic E-state index is 5.51. The van der Waals surface area contributed by atoms with Crippen LogP contribution < -0.4 is 0 Å². The number of para-hydroxylation sites is 2. The summed E-state index contributed by atoms with van der Waals surface area (Å²) >= 11 is 0. The molecule has 0 fully saturated rings. The van der Waals surface area contributed by atoms with Crippen molar-refractivity contribution in [2.45, 2.75) is 0 Å². The monoisotopic (exact) mass is 1320 g/mol. The highest BCUT2D eigenvalue weighted by Crippen LogP contribution is 2.46. The van der Waals surface area contributed by atoms with Crippen LogP contribution in [0.25, 0.3) is 219 Å². The highest BCUT2D eigenvalue weighted by Gasteiger charge is 2.22. The smallest absolute Gasteiger partial charge is 0.0978 e. The number of nitrogens with zero attached hydrogens (tertiary/aromatic N) is 8. The van der Waals surface area contributed by atoms with Gasteiger partial charge in [0.1, 0.15) is 0 Å². The van der Waals surface area contributed by atoms with Crippen molar-refractivity contribution in [1.29, 1.82) is 0 Å². The minimum Gasteiger partial charge on any atom is -0.254 e. The zero-order valence-corrected chi connectivity index (χ0v) is 55.9. The fraction of sp³-hybridized carbons (Fsp3) is 0. The molecule has 8 heterocycles.